The maximum Gasteiger partial charge on any atom is 0.328 e. The fraction of sp³-hybridized carbons (Fsp3) is 0.824. The summed E-state index contributed by atoms with van der Waals surface area (Å²) in [6, 6.07) is -0.642. The molecule has 5 nitrogen and oxygen atoms in total. The highest BCUT2D eigenvalue weighted by atomic mass is 16.5. The molecule has 1 unspecified atom stereocenters. The predicted molar refractivity (Wildman–Crippen MR) is 86.5 cm³/mol. The minimum absolute atomic E-state index is 0.190. The molecular weight excluding hydrogens is 282 g/mol. The molecule has 0 saturated heterocycles. The zero-order chi connectivity index (χ0) is 16.8. The van der Waals surface area contributed by atoms with Gasteiger partial charge in [-0.2, -0.15) is 0 Å². The van der Waals surface area contributed by atoms with Gasteiger partial charge in [0, 0.05) is 0 Å². The highest BCUT2D eigenvalue weighted by Crippen LogP contribution is 2.11. The summed E-state index contributed by atoms with van der Waals surface area (Å²) in [5, 5.41) is 2.58. The zero-order valence-corrected chi connectivity index (χ0v) is 14.3. The quantitative estimate of drug-likeness (QED) is 0.322. The number of ether oxygens (including phenoxy) is 1. The SMILES string of the molecule is CCCCCCCCCCC(NC(=O)CC(C)=O)C(=O)OC. The van der Waals surface area contributed by atoms with Crippen molar-refractivity contribution >= 4 is 17.7 Å². The van der Waals surface area contributed by atoms with E-state index in [1.165, 1.54) is 46.1 Å². The minimum atomic E-state index is -0.642. The Hall–Kier alpha value is -1.39. The number of unbranched alkanes of at least 4 members (excludes halogenated alkanes) is 7. The molecule has 0 heterocycles. The van der Waals surface area contributed by atoms with Crippen molar-refractivity contribution in [2.75, 3.05) is 7.11 Å². The van der Waals surface area contributed by atoms with E-state index >= 15 is 0 Å². The van der Waals surface area contributed by atoms with E-state index in [1.807, 2.05) is 0 Å². The molecular formula is C17H31NO4. The van der Waals surface area contributed by atoms with E-state index in [0.717, 1.165) is 19.3 Å². The number of esters is 1. The highest BCUT2D eigenvalue weighted by Gasteiger charge is 2.21. The number of methoxy groups -OCH3 is 1. The van der Waals surface area contributed by atoms with Crippen molar-refractivity contribution in [2.45, 2.75) is 84.1 Å². The number of carbonyl (C=O) groups excluding carboxylic acids is 3. The Morgan fingerprint density at radius 2 is 1.50 bits per heavy atom. The number of rotatable bonds is 13. The molecule has 0 aliphatic heterocycles. The number of hydrogen-bond donors (Lipinski definition) is 1. The summed E-state index contributed by atoms with van der Waals surface area (Å²) in [6.45, 7) is 3.55. The summed E-state index contributed by atoms with van der Waals surface area (Å²) < 4.78 is 4.70. The first kappa shape index (κ1) is 20.6. The molecule has 1 amide bonds. The third-order valence-electron chi connectivity index (χ3n) is 3.58. The molecule has 0 aliphatic carbocycles. The Morgan fingerprint density at radius 1 is 0.955 bits per heavy atom. The lowest BCUT2D eigenvalue weighted by atomic mass is 10.0. The van der Waals surface area contributed by atoms with Crippen LogP contribution in [0.4, 0.5) is 0 Å². The van der Waals surface area contributed by atoms with E-state index in [9.17, 15) is 14.4 Å². The van der Waals surface area contributed by atoms with Crippen LogP contribution in [-0.4, -0.2) is 30.8 Å². The van der Waals surface area contributed by atoms with E-state index < -0.39 is 17.9 Å². The second-order valence-corrected chi connectivity index (χ2v) is 5.79. The summed E-state index contributed by atoms with van der Waals surface area (Å²) in [6.07, 6.45) is 9.77. The van der Waals surface area contributed by atoms with Gasteiger partial charge in [0.1, 0.15) is 11.8 Å². The summed E-state index contributed by atoms with van der Waals surface area (Å²) in [5.41, 5.74) is 0. The van der Waals surface area contributed by atoms with Gasteiger partial charge in [0.2, 0.25) is 5.91 Å². The molecule has 1 atom stereocenters. The van der Waals surface area contributed by atoms with E-state index in [0.29, 0.717) is 6.42 Å². The lowest BCUT2D eigenvalue weighted by molar-refractivity contribution is -0.145. The Morgan fingerprint density at radius 3 is 2.00 bits per heavy atom. The molecule has 5 heteroatoms. The van der Waals surface area contributed by atoms with E-state index in [-0.39, 0.29) is 12.2 Å². The molecule has 128 valence electrons. The third kappa shape index (κ3) is 11.3. The van der Waals surface area contributed by atoms with Crippen LogP contribution in [0.3, 0.4) is 0 Å². The molecule has 0 fully saturated rings. The Bertz CT molecular complexity index is 342. The predicted octanol–water partition coefficient (Wildman–Crippen LogP) is 3.15. The second-order valence-electron chi connectivity index (χ2n) is 5.79. The third-order valence-corrected chi connectivity index (χ3v) is 3.58. The van der Waals surface area contributed by atoms with Gasteiger partial charge >= 0.3 is 5.97 Å². The van der Waals surface area contributed by atoms with Gasteiger partial charge in [-0.15, -0.1) is 0 Å². The van der Waals surface area contributed by atoms with Gasteiger partial charge in [0.25, 0.3) is 0 Å². The summed E-state index contributed by atoms with van der Waals surface area (Å²) >= 11 is 0. The lowest BCUT2D eigenvalue weighted by Crippen LogP contribution is -2.42. The van der Waals surface area contributed by atoms with Crippen molar-refractivity contribution in [3.8, 4) is 0 Å². The van der Waals surface area contributed by atoms with Crippen molar-refractivity contribution in [2.24, 2.45) is 0 Å². The van der Waals surface area contributed by atoms with Gasteiger partial charge < -0.3 is 10.1 Å². The van der Waals surface area contributed by atoms with Gasteiger partial charge in [-0.05, 0) is 13.3 Å². The first-order valence-corrected chi connectivity index (χ1v) is 8.37. The van der Waals surface area contributed by atoms with Crippen LogP contribution in [0.5, 0.6) is 0 Å². The van der Waals surface area contributed by atoms with E-state index in [2.05, 4.69) is 12.2 Å². The average molecular weight is 313 g/mol. The normalized spacial score (nSPS) is 11.8. The number of hydrogen-bond acceptors (Lipinski definition) is 4. The Balaban J connectivity index is 3.93. The molecule has 0 spiro atoms. The van der Waals surface area contributed by atoms with Crippen molar-refractivity contribution in [3.05, 3.63) is 0 Å². The maximum absolute atomic E-state index is 11.6. The number of ketones is 1. The molecule has 0 bridgehead atoms. The summed E-state index contributed by atoms with van der Waals surface area (Å²) in [7, 11) is 1.31. The van der Waals surface area contributed by atoms with E-state index in [1.54, 1.807) is 0 Å². The number of carbonyl (C=O) groups is 3. The first-order valence-electron chi connectivity index (χ1n) is 8.37. The maximum atomic E-state index is 11.6. The van der Waals surface area contributed by atoms with Crippen LogP contribution in [0.2, 0.25) is 0 Å². The van der Waals surface area contributed by atoms with Crippen LogP contribution < -0.4 is 5.32 Å². The molecule has 0 aromatic heterocycles. The fourth-order valence-electron chi connectivity index (χ4n) is 2.35. The highest BCUT2D eigenvalue weighted by molar-refractivity contribution is 5.98. The van der Waals surface area contributed by atoms with Crippen molar-refractivity contribution in [1.29, 1.82) is 0 Å². The summed E-state index contributed by atoms with van der Waals surface area (Å²) in [4.78, 5) is 34.1. The topological polar surface area (TPSA) is 72.5 Å². The standard InChI is InChI=1S/C17H31NO4/c1-4-5-6-7-8-9-10-11-12-15(17(21)22-3)18-16(20)13-14(2)19/h15H,4-13H2,1-3H3,(H,18,20). The molecule has 0 rings (SSSR count). The summed E-state index contributed by atoms with van der Waals surface area (Å²) in [5.74, 6) is -1.07. The van der Waals surface area contributed by atoms with E-state index in [4.69, 9.17) is 4.74 Å². The largest absolute Gasteiger partial charge is 0.467 e. The molecule has 0 aliphatic rings. The molecule has 0 aromatic carbocycles. The number of Topliss-reactive ketones (excluding diaryl/α,β-unsaturated/α-hetero) is 1. The van der Waals surface area contributed by atoms with Gasteiger partial charge in [-0.3, -0.25) is 9.59 Å². The van der Waals surface area contributed by atoms with Crippen LogP contribution in [0.1, 0.15) is 78.1 Å². The van der Waals surface area contributed by atoms with Crippen molar-refractivity contribution in [1.82, 2.24) is 5.32 Å². The van der Waals surface area contributed by atoms with Gasteiger partial charge in [-0.1, -0.05) is 58.3 Å². The van der Waals surface area contributed by atoms with Crippen molar-refractivity contribution in [3.63, 3.8) is 0 Å². The molecule has 0 aromatic rings. The lowest BCUT2D eigenvalue weighted by Gasteiger charge is -2.16. The van der Waals surface area contributed by atoms with Crippen LogP contribution in [0.25, 0.3) is 0 Å². The molecule has 22 heavy (non-hydrogen) atoms. The monoisotopic (exact) mass is 313 g/mol. The van der Waals surface area contributed by atoms with Crippen LogP contribution >= 0.6 is 0 Å². The average Bonchev–Trinajstić information content (AvgIpc) is 2.47. The second kappa shape index (κ2) is 13.3. The van der Waals surface area contributed by atoms with Crippen LogP contribution in [0.15, 0.2) is 0 Å². The molecule has 0 radical (unpaired) electrons. The zero-order valence-electron chi connectivity index (χ0n) is 14.3. The Kier molecular flexibility index (Phi) is 12.4. The Labute approximate surface area is 134 Å². The van der Waals surface area contributed by atoms with Gasteiger partial charge in [-0.25, -0.2) is 4.79 Å². The smallest absolute Gasteiger partial charge is 0.328 e. The fourth-order valence-corrected chi connectivity index (χ4v) is 2.35. The van der Waals surface area contributed by atoms with Crippen LogP contribution in [-0.2, 0) is 19.1 Å². The minimum Gasteiger partial charge on any atom is -0.467 e. The van der Waals surface area contributed by atoms with Crippen LogP contribution in [0, 0.1) is 0 Å². The molecule has 0 saturated carbocycles. The first-order chi connectivity index (χ1) is 10.5. The van der Waals surface area contributed by atoms with Gasteiger partial charge in [0.15, 0.2) is 0 Å². The number of nitrogens with one attached hydrogen (secondary N) is 1. The number of amides is 1. The molecule has 1 N–H and O–H groups in total. The van der Waals surface area contributed by atoms with Crippen molar-refractivity contribution < 1.29 is 19.1 Å². The van der Waals surface area contributed by atoms with Gasteiger partial charge in [0.05, 0.1) is 13.5 Å².